The van der Waals surface area contributed by atoms with Gasteiger partial charge in [0.25, 0.3) is 5.91 Å². The van der Waals surface area contributed by atoms with Gasteiger partial charge in [0, 0.05) is 35.7 Å². The first kappa shape index (κ1) is 23.6. The number of Topliss-reactive ketones (excluding diaryl/α,β-unsaturated/α-hetero) is 1. The molecule has 2 amide bonds. The minimum atomic E-state index is -0.716. The lowest BCUT2D eigenvalue weighted by Gasteiger charge is -2.32. The average Bonchev–Trinajstić information content (AvgIpc) is 3.29. The van der Waals surface area contributed by atoms with E-state index in [-0.39, 0.29) is 24.1 Å². The Morgan fingerprint density at radius 2 is 2.06 bits per heavy atom. The third-order valence-corrected chi connectivity index (χ3v) is 6.30. The van der Waals surface area contributed by atoms with Gasteiger partial charge < -0.3 is 14.8 Å². The Bertz CT molecular complexity index is 1240. The molecule has 176 valence electrons. The zero-order valence-electron chi connectivity index (χ0n) is 19.2. The number of carbonyl (C=O) groups is 3. The number of nitrogens with one attached hydrogen (secondary N) is 1. The van der Waals surface area contributed by atoms with Gasteiger partial charge in [-0.15, -0.1) is 11.3 Å². The molecule has 1 N–H and O–H groups in total. The quantitative estimate of drug-likeness (QED) is 0.491. The molecule has 0 saturated heterocycles. The lowest BCUT2D eigenvalue weighted by Crippen LogP contribution is -2.47. The van der Waals surface area contributed by atoms with E-state index in [9.17, 15) is 14.4 Å². The number of aromatic nitrogens is 1. The van der Waals surface area contributed by atoms with Crippen molar-refractivity contribution in [3.8, 4) is 17.0 Å². The van der Waals surface area contributed by atoms with Gasteiger partial charge in [0.15, 0.2) is 11.9 Å². The minimum absolute atomic E-state index is 0.0952. The summed E-state index contributed by atoms with van der Waals surface area (Å²) in [6.07, 6.45) is 0.00891. The van der Waals surface area contributed by atoms with E-state index in [0.717, 1.165) is 22.7 Å². The Labute approximate surface area is 201 Å². The van der Waals surface area contributed by atoms with Crippen LogP contribution in [0, 0.1) is 0 Å². The Kier molecular flexibility index (Phi) is 7.04. The first-order valence-corrected chi connectivity index (χ1v) is 11.7. The van der Waals surface area contributed by atoms with E-state index in [1.165, 1.54) is 11.8 Å². The lowest BCUT2D eigenvalue weighted by atomic mass is 10.1. The van der Waals surface area contributed by atoms with Gasteiger partial charge in [-0.1, -0.05) is 12.1 Å². The molecule has 4 rings (SSSR count). The zero-order valence-corrected chi connectivity index (χ0v) is 20.0. The van der Waals surface area contributed by atoms with Gasteiger partial charge in [-0.3, -0.25) is 19.3 Å². The van der Waals surface area contributed by atoms with E-state index in [2.05, 4.69) is 10.3 Å². The molecular formula is C25H25N3O5S. The predicted molar refractivity (Wildman–Crippen MR) is 131 cm³/mol. The van der Waals surface area contributed by atoms with Crippen molar-refractivity contribution in [3.05, 3.63) is 58.4 Å². The van der Waals surface area contributed by atoms with Crippen molar-refractivity contribution < 1.29 is 23.9 Å². The molecule has 2 aromatic carbocycles. The van der Waals surface area contributed by atoms with Crippen molar-refractivity contribution in [1.29, 1.82) is 0 Å². The second-order valence-electron chi connectivity index (χ2n) is 7.92. The summed E-state index contributed by atoms with van der Waals surface area (Å²) in [4.78, 5) is 43.5. The molecule has 0 radical (unpaired) electrons. The fraction of sp³-hybridized carbons (Fsp3) is 0.280. The van der Waals surface area contributed by atoms with Gasteiger partial charge in [0.05, 0.1) is 23.0 Å². The topological polar surface area (TPSA) is 97.8 Å². The van der Waals surface area contributed by atoms with E-state index < -0.39 is 6.10 Å². The average molecular weight is 480 g/mol. The Morgan fingerprint density at radius 1 is 1.24 bits per heavy atom. The molecule has 9 heteroatoms. The maximum atomic E-state index is 12.9. The van der Waals surface area contributed by atoms with Crippen molar-refractivity contribution in [3.63, 3.8) is 0 Å². The smallest absolute Gasteiger partial charge is 0.268 e. The van der Waals surface area contributed by atoms with Crippen molar-refractivity contribution in [2.45, 2.75) is 26.4 Å². The highest BCUT2D eigenvalue weighted by Crippen LogP contribution is 2.37. The van der Waals surface area contributed by atoms with Crippen molar-refractivity contribution in [2.75, 3.05) is 30.5 Å². The van der Waals surface area contributed by atoms with Gasteiger partial charge in [-0.25, -0.2) is 4.98 Å². The van der Waals surface area contributed by atoms with Crippen LogP contribution < -0.4 is 15.0 Å². The molecular weight excluding hydrogens is 454 g/mol. The van der Waals surface area contributed by atoms with Crippen molar-refractivity contribution >= 4 is 40.3 Å². The maximum absolute atomic E-state index is 12.9. The number of anilines is 2. The molecule has 8 nitrogen and oxygen atoms in total. The van der Waals surface area contributed by atoms with Crippen LogP contribution in [0.2, 0.25) is 0 Å². The van der Waals surface area contributed by atoms with Crippen LogP contribution in [0.3, 0.4) is 0 Å². The van der Waals surface area contributed by atoms with Gasteiger partial charge in [-0.2, -0.15) is 0 Å². The summed E-state index contributed by atoms with van der Waals surface area (Å²) in [6.45, 7) is 3.52. The minimum Gasteiger partial charge on any atom is -0.479 e. The maximum Gasteiger partial charge on any atom is 0.268 e. The molecule has 3 aromatic rings. The van der Waals surface area contributed by atoms with E-state index in [1.807, 2.05) is 17.5 Å². The normalized spacial score (nSPS) is 15.0. The second kappa shape index (κ2) is 10.1. The van der Waals surface area contributed by atoms with Crippen LogP contribution in [0.4, 0.5) is 11.4 Å². The fourth-order valence-electron chi connectivity index (χ4n) is 3.64. The van der Waals surface area contributed by atoms with Crippen LogP contribution in [0.1, 0.15) is 29.2 Å². The number of amides is 2. The summed E-state index contributed by atoms with van der Waals surface area (Å²) in [5.74, 6) is -0.259. The predicted octanol–water partition coefficient (Wildman–Crippen LogP) is 3.95. The van der Waals surface area contributed by atoms with E-state index in [1.54, 1.807) is 55.7 Å². The van der Waals surface area contributed by atoms with Crippen molar-refractivity contribution in [2.24, 2.45) is 0 Å². The molecule has 0 spiro atoms. The lowest BCUT2D eigenvalue weighted by molar-refractivity contribution is -0.127. The molecule has 2 heterocycles. The number of ketones is 1. The van der Waals surface area contributed by atoms with Crippen LogP contribution in [-0.2, 0) is 20.7 Å². The third kappa shape index (κ3) is 5.16. The number of fused-ring (bicyclic) bond motifs is 1. The van der Waals surface area contributed by atoms with E-state index in [0.29, 0.717) is 29.3 Å². The molecule has 1 atom stereocenters. The highest BCUT2D eigenvalue weighted by Gasteiger charge is 2.33. The van der Waals surface area contributed by atoms with E-state index in [4.69, 9.17) is 9.47 Å². The van der Waals surface area contributed by atoms with Crippen LogP contribution in [0.15, 0.2) is 47.8 Å². The summed E-state index contributed by atoms with van der Waals surface area (Å²) in [5, 5.41) is 5.69. The monoisotopic (exact) mass is 479 g/mol. The van der Waals surface area contributed by atoms with Crippen molar-refractivity contribution in [1.82, 2.24) is 4.98 Å². The zero-order chi connectivity index (χ0) is 24.2. The molecule has 0 aliphatic carbocycles. The number of hydrogen-bond donors (Lipinski definition) is 1. The summed E-state index contributed by atoms with van der Waals surface area (Å²) >= 11 is 1.55. The Balaban J connectivity index is 1.57. The number of nitrogens with zero attached hydrogens (tertiary/aromatic N) is 2. The summed E-state index contributed by atoms with van der Waals surface area (Å²) in [7, 11) is 1.65. The number of benzene rings is 2. The Morgan fingerprint density at radius 3 is 2.82 bits per heavy atom. The SMILES string of the molecule is COCCc1nc(-c2ccc3c(c2)N(CC(=O)Nc2cccc(C(C)=O)c2)C(=O)C(C)O3)cs1. The molecule has 0 bridgehead atoms. The number of ether oxygens (including phenoxy) is 2. The highest BCUT2D eigenvalue weighted by molar-refractivity contribution is 7.09. The molecule has 34 heavy (non-hydrogen) atoms. The highest BCUT2D eigenvalue weighted by atomic mass is 32.1. The molecule has 1 unspecified atom stereocenters. The fourth-order valence-corrected chi connectivity index (χ4v) is 4.43. The first-order chi connectivity index (χ1) is 16.4. The molecule has 0 fully saturated rings. The van der Waals surface area contributed by atoms with Gasteiger partial charge in [-0.05, 0) is 44.2 Å². The summed E-state index contributed by atoms with van der Waals surface area (Å²) in [5.41, 5.74) is 3.11. The van der Waals surface area contributed by atoms with Crippen LogP contribution >= 0.6 is 11.3 Å². The van der Waals surface area contributed by atoms with Gasteiger partial charge >= 0.3 is 0 Å². The van der Waals surface area contributed by atoms with Crippen LogP contribution in [0.5, 0.6) is 5.75 Å². The van der Waals surface area contributed by atoms with Gasteiger partial charge in [0.2, 0.25) is 5.91 Å². The number of methoxy groups -OCH3 is 1. The van der Waals surface area contributed by atoms with Crippen LogP contribution in [-0.4, -0.2) is 48.9 Å². The largest absolute Gasteiger partial charge is 0.479 e. The van der Waals surface area contributed by atoms with Gasteiger partial charge in [0.1, 0.15) is 12.3 Å². The molecule has 1 aliphatic heterocycles. The Hall–Kier alpha value is -3.56. The standard InChI is InChI=1S/C25H25N3O5S/c1-15(29)17-5-4-6-19(11-17)26-23(30)13-28-21-12-18(7-8-22(21)33-16(2)25(28)31)20-14-34-24(27-20)9-10-32-3/h4-8,11-12,14,16H,9-10,13H2,1-3H3,(H,26,30). The molecule has 1 aliphatic rings. The van der Waals surface area contributed by atoms with E-state index >= 15 is 0 Å². The first-order valence-electron chi connectivity index (χ1n) is 10.8. The third-order valence-electron chi connectivity index (χ3n) is 5.39. The van der Waals surface area contributed by atoms with Crippen LogP contribution in [0.25, 0.3) is 11.3 Å². The number of thiazole rings is 1. The second-order valence-corrected chi connectivity index (χ2v) is 8.86. The summed E-state index contributed by atoms with van der Waals surface area (Å²) in [6, 6.07) is 12.2. The number of rotatable bonds is 8. The molecule has 0 saturated carbocycles. The summed E-state index contributed by atoms with van der Waals surface area (Å²) < 4.78 is 10.9. The number of hydrogen-bond acceptors (Lipinski definition) is 7. The number of carbonyl (C=O) groups excluding carboxylic acids is 3. The molecule has 1 aromatic heterocycles.